The summed E-state index contributed by atoms with van der Waals surface area (Å²) in [5, 5.41) is 0.728. The summed E-state index contributed by atoms with van der Waals surface area (Å²) in [5.74, 6) is 0.834. The third kappa shape index (κ3) is 5.23. The maximum Gasteiger partial charge on any atom is 0.120 e. The second kappa shape index (κ2) is 7.53. The van der Waals surface area contributed by atoms with Crippen molar-refractivity contribution in [3.8, 4) is 5.75 Å². The summed E-state index contributed by atoms with van der Waals surface area (Å²) in [4.78, 5) is 0. The summed E-state index contributed by atoms with van der Waals surface area (Å²) in [6, 6.07) is 15.4. The van der Waals surface area contributed by atoms with Gasteiger partial charge in [-0.3, -0.25) is 0 Å². The SMILES string of the molecule is Clc1cccc(COCCOc2cccc(Br)c2)c1. The molecule has 0 N–H and O–H groups in total. The van der Waals surface area contributed by atoms with Gasteiger partial charge in [-0.25, -0.2) is 0 Å². The molecule has 2 aromatic rings. The van der Waals surface area contributed by atoms with Gasteiger partial charge in [0.15, 0.2) is 0 Å². The molecule has 0 heterocycles. The third-order valence-corrected chi connectivity index (χ3v) is 3.18. The Hall–Kier alpha value is -1.03. The van der Waals surface area contributed by atoms with Gasteiger partial charge in [-0.15, -0.1) is 0 Å². The van der Waals surface area contributed by atoms with Gasteiger partial charge in [0.2, 0.25) is 0 Å². The van der Waals surface area contributed by atoms with E-state index < -0.39 is 0 Å². The number of rotatable bonds is 6. The van der Waals surface area contributed by atoms with E-state index in [4.69, 9.17) is 21.1 Å². The first kappa shape index (κ1) is 14.4. The van der Waals surface area contributed by atoms with Crippen LogP contribution in [-0.4, -0.2) is 13.2 Å². The highest BCUT2D eigenvalue weighted by atomic mass is 79.9. The van der Waals surface area contributed by atoms with Crippen LogP contribution in [0.15, 0.2) is 53.0 Å². The predicted octanol–water partition coefficient (Wildman–Crippen LogP) is 4.70. The standard InChI is InChI=1S/C15H14BrClO2/c16-13-4-2-6-15(10-13)19-8-7-18-11-12-3-1-5-14(17)9-12/h1-6,9-10H,7-8,11H2. The molecule has 0 aromatic heterocycles. The van der Waals surface area contributed by atoms with E-state index in [9.17, 15) is 0 Å². The summed E-state index contributed by atoms with van der Waals surface area (Å²) < 4.78 is 12.1. The Balaban J connectivity index is 1.67. The second-order valence-electron chi connectivity index (χ2n) is 3.99. The molecule has 0 saturated heterocycles. The maximum absolute atomic E-state index is 5.90. The van der Waals surface area contributed by atoms with Crippen molar-refractivity contribution in [1.82, 2.24) is 0 Å². The first-order valence-corrected chi connectivity index (χ1v) is 7.12. The third-order valence-electron chi connectivity index (χ3n) is 2.45. The zero-order valence-electron chi connectivity index (χ0n) is 10.3. The van der Waals surface area contributed by atoms with E-state index in [1.165, 1.54) is 0 Å². The quantitative estimate of drug-likeness (QED) is 0.709. The van der Waals surface area contributed by atoms with Crippen LogP contribution in [0.4, 0.5) is 0 Å². The van der Waals surface area contributed by atoms with E-state index in [1.54, 1.807) is 0 Å². The van der Waals surface area contributed by atoms with E-state index in [0.29, 0.717) is 19.8 Å². The minimum absolute atomic E-state index is 0.525. The molecule has 0 spiro atoms. The largest absolute Gasteiger partial charge is 0.491 e. The van der Waals surface area contributed by atoms with Crippen molar-refractivity contribution in [2.24, 2.45) is 0 Å². The Morgan fingerprint density at radius 1 is 1.00 bits per heavy atom. The fourth-order valence-corrected chi connectivity index (χ4v) is 2.18. The number of ether oxygens (including phenoxy) is 2. The first-order chi connectivity index (χ1) is 9.24. The number of hydrogen-bond donors (Lipinski definition) is 0. The van der Waals surface area contributed by atoms with Crippen LogP contribution in [0, 0.1) is 0 Å². The van der Waals surface area contributed by atoms with Crippen molar-refractivity contribution < 1.29 is 9.47 Å². The Bertz CT molecular complexity index is 484. The van der Waals surface area contributed by atoms with E-state index in [-0.39, 0.29) is 0 Å². The van der Waals surface area contributed by atoms with Crippen molar-refractivity contribution >= 4 is 27.5 Å². The lowest BCUT2D eigenvalue weighted by molar-refractivity contribution is 0.0889. The average Bonchev–Trinajstić information content (AvgIpc) is 2.38. The summed E-state index contributed by atoms with van der Waals surface area (Å²) in [6.45, 7) is 1.61. The molecule has 2 nitrogen and oxygen atoms in total. The van der Waals surface area contributed by atoms with Crippen LogP contribution in [0.1, 0.15) is 5.56 Å². The van der Waals surface area contributed by atoms with Crippen LogP contribution in [0.5, 0.6) is 5.75 Å². The van der Waals surface area contributed by atoms with Crippen LogP contribution >= 0.6 is 27.5 Å². The van der Waals surface area contributed by atoms with Gasteiger partial charge in [0.1, 0.15) is 12.4 Å². The molecule has 0 radical (unpaired) electrons. The number of halogens is 2. The van der Waals surface area contributed by atoms with Crippen LogP contribution in [0.2, 0.25) is 5.02 Å². The van der Waals surface area contributed by atoms with E-state index in [2.05, 4.69) is 15.9 Å². The van der Waals surface area contributed by atoms with Crippen molar-refractivity contribution in [2.75, 3.05) is 13.2 Å². The summed E-state index contributed by atoms with van der Waals surface area (Å²) in [7, 11) is 0. The topological polar surface area (TPSA) is 18.5 Å². The van der Waals surface area contributed by atoms with Gasteiger partial charge >= 0.3 is 0 Å². The molecule has 2 aromatic carbocycles. The van der Waals surface area contributed by atoms with Crippen molar-refractivity contribution in [3.05, 3.63) is 63.6 Å². The van der Waals surface area contributed by atoms with Crippen molar-refractivity contribution in [1.29, 1.82) is 0 Å². The lowest BCUT2D eigenvalue weighted by Crippen LogP contribution is -2.06. The fraction of sp³-hybridized carbons (Fsp3) is 0.200. The van der Waals surface area contributed by atoms with Gasteiger partial charge in [-0.1, -0.05) is 45.7 Å². The summed E-state index contributed by atoms with van der Waals surface area (Å²) >= 11 is 9.29. The normalized spacial score (nSPS) is 10.4. The predicted molar refractivity (Wildman–Crippen MR) is 80.7 cm³/mol. The molecule has 19 heavy (non-hydrogen) atoms. The Morgan fingerprint density at radius 2 is 1.84 bits per heavy atom. The summed E-state index contributed by atoms with van der Waals surface area (Å²) in [6.07, 6.45) is 0. The van der Waals surface area contributed by atoms with Gasteiger partial charge in [-0.2, -0.15) is 0 Å². The average molecular weight is 342 g/mol. The molecule has 0 saturated carbocycles. The number of hydrogen-bond acceptors (Lipinski definition) is 2. The van der Waals surface area contributed by atoms with Gasteiger partial charge in [-0.05, 0) is 35.9 Å². The Labute approximate surface area is 126 Å². The van der Waals surface area contributed by atoms with Crippen LogP contribution < -0.4 is 4.74 Å². The van der Waals surface area contributed by atoms with Gasteiger partial charge < -0.3 is 9.47 Å². The van der Waals surface area contributed by atoms with E-state index in [1.807, 2.05) is 48.5 Å². The van der Waals surface area contributed by atoms with Crippen molar-refractivity contribution in [2.45, 2.75) is 6.61 Å². The van der Waals surface area contributed by atoms with Crippen LogP contribution in [0.25, 0.3) is 0 Å². The highest BCUT2D eigenvalue weighted by Crippen LogP contribution is 2.17. The smallest absolute Gasteiger partial charge is 0.120 e. The molecule has 0 aliphatic heterocycles. The van der Waals surface area contributed by atoms with Crippen LogP contribution in [0.3, 0.4) is 0 Å². The zero-order valence-corrected chi connectivity index (χ0v) is 12.7. The molecular weight excluding hydrogens is 328 g/mol. The molecule has 0 bridgehead atoms. The molecule has 0 aliphatic rings. The van der Waals surface area contributed by atoms with Gasteiger partial charge in [0.25, 0.3) is 0 Å². The van der Waals surface area contributed by atoms with Gasteiger partial charge in [0, 0.05) is 9.50 Å². The minimum atomic E-state index is 0.525. The molecule has 4 heteroatoms. The second-order valence-corrected chi connectivity index (χ2v) is 5.34. The summed E-state index contributed by atoms with van der Waals surface area (Å²) in [5.41, 5.74) is 1.06. The van der Waals surface area contributed by atoms with Gasteiger partial charge in [0.05, 0.1) is 13.2 Å². The van der Waals surface area contributed by atoms with E-state index >= 15 is 0 Å². The molecule has 0 atom stereocenters. The van der Waals surface area contributed by atoms with Crippen LogP contribution in [-0.2, 0) is 11.3 Å². The molecule has 2 rings (SSSR count). The minimum Gasteiger partial charge on any atom is -0.491 e. The highest BCUT2D eigenvalue weighted by Gasteiger charge is 1.97. The molecule has 100 valence electrons. The Morgan fingerprint density at radius 3 is 2.63 bits per heavy atom. The first-order valence-electron chi connectivity index (χ1n) is 5.94. The highest BCUT2D eigenvalue weighted by molar-refractivity contribution is 9.10. The molecular formula is C15H14BrClO2. The molecule has 0 fully saturated rings. The Kier molecular flexibility index (Phi) is 5.70. The maximum atomic E-state index is 5.90. The lowest BCUT2D eigenvalue weighted by atomic mass is 10.2. The van der Waals surface area contributed by atoms with Crippen molar-refractivity contribution in [3.63, 3.8) is 0 Å². The molecule has 0 amide bonds. The zero-order chi connectivity index (χ0) is 13.5. The monoisotopic (exact) mass is 340 g/mol. The molecule has 0 aliphatic carbocycles. The fourth-order valence-electron chi connectivity index (χ4n) is 1.59. The molecule has 0 unspecified atom stereocenters. The lowest BCUT2D eigenvalue weighted by Gasteiger charge is -2.07. The van der Waals surface area contributed by atoms with E-state index in [0.717, 1.165) is 20.8 Å². The number of benzene rings is 2.